The minimum Gasteiger partial charge on any atom is -0.463 e. The lowest BCUT2D eigenvalue weighted by atomic mass is 9.95. The first-order valence-electron chi connectivity index (χ1n) is 12.4. The number of hydrogen-bond acceptors (Lipinski definition) is 10. The summed E-state index contributed by atoms with van der Waals surface area (Å²) in [6.45, 7) is 10.8. The molecule has 0 aromatic carbocycles. The quantitative estimate of drug-likeness (QED) is 0.289. The van der Waals surface area contributed by atoms with Gasteiger partial charge < -0.3 is 24.3 Å². The van der Waals surface area contributed by atoms with Crippen LogP contribution < -0.4 is 10.1 Å². The van der Waals surface area contributed by atoms with E-state index < -0.39 is 71.9 Å². The third-order valence-electron chi connectivity index (χ3n) is 6.01. The van der Waals surface area contributed by atoms with Gasteiger partial charge in [-0.3, -0.25) is 19.2 Å². The minimum absolute atomic E-state index is 0.0175. The summed E-state index contributed by atoms with van der Waals surface area (Å²) in [5.74, 6) is -5.16. The van der Waals surface area contributed by atoms with Crippen LogP contribution in [0, 0.1) is 24.2 Å². The summed E-state index contributed by atoms with van der Waals surface area (Å²) in [6, 6.07) is 0.143. The second-order valence-electron chi connectivity index (χ2n) is 10.1. The third kappa shape index (κ3) is 7.43. The number of nitrogens with zero attached hydrogens (tertiary/aromatic N) is 1. The maximum absolute atomic E-state index is 13.2. The Morgan fingerprint density at radius 3 is 2.47 bits per heavy atom. The van der Waals surface area contributed by atoms with Gasteiger partial charge in [0.2, 0.25) is 0 Å². The normalized spacial score (nSPS) is 22.3. The lowest BCUT2D eigenvalue weighted by Gasteiger charge is -2.29. The van der Waals surface area contributed by atoms with Crippen LogP contribution in [0.25, 0.3) is 0 Å². The Bertz CT molecular complexity index is 1070. The summed E-state index contributed by atoms with van der Waals surface area (Å²) in [7, 11) is 0. The molecule has 1 aromatic rings. The molecule has 0 radical (unpaired) electrons. The SMILES string of the molecule is CC[C@H]1C(=O)OC[C@H](NC(=O)c2nccc(C)c2OC(=O)C(C)(C)CCl)C(=O)O[C@@H](C)[C@@H]1OC(=O)C(C)C. The van der Waals surface area contributed by atoms with Crippen molar-refractivity contribution in [3.05, 3.63) is 23.5 Å². The first-order chi connectivity index (χ1) is 17.7. The maximum atomic E-state index is 13.2. The van der Waals surface area contributed by atoms with Crippen LogP contribution >= 0.6 is 11.6 Å². The monoisotopic (exact) mass is 554 g/mol. The van der Waals surface area contributed by atoms with Crippen molar-refractivity contribution in [3.63, 3.8) is 0 Å². The van der Waals surface area contributed by atoms with Crippen LogP contribution in [-0.2, 0) is 33.4 Å². The highest BCUT2D eigenvalue weighted by atomic mass is 35.5. The number of amides is 1. The molecule has 4 atom stereocenters. The lowest BCUT2D eigenvalue weighted by Crippen LogP contribution is -2.47. The Morgan fingerprint density at radius 2 is 1.89 bits per heavy atom. The second-order valence-corrected chi connectivity index (χ2v) is 10.3. The Hall–Kier alpha value is -3.21. The standard InChI is InChI=1S/C26H35ClN2O9/c1-8-16-20(37-22(31)13(2)3)15(5)36-24(33)17(11-35-23(16)32)29-21(30)18-19(14(4)9-10-28-18)38-25(34)26(6,7)12-27/h9-10,13,15-17,20H,8,11-12H2,1-7H3,(H,29,30)/t15-,16+,17-,20-/m0/s1. The van der Waals surface area contributed by atoms with E-state index >= 15 is 0 Å². The van der Waals surface area contributed by atoms with Gasteiger partial charge in [-0.1, -0.05) is 20.8 Å². The predicted octanol–water partition coefficient (Wildman–Crippen LogP) is 2.74. The van der Waals surface area contributed by atoms with Gasteiger partial charge in [0.25, 0.3) is 5.91 Å². The predicted molar refractivity (Wildman–Crippen MR) is 135 cm³/mol. The average molecular weight is 555 g/mol. The minimum atomic E-state index is -1.41. The van der Waals surface area contributed by atoms with E-state index in [2.05, 4.69) is 10.3 Å². The van der Waals surface area contributed by atoms with Gasteiger partial charge in [0.1, 0.15) is 12.7 Å². The topological polar surface area (TPSA) is 147 Å². The van der Waals surface area contributed by atoms with Crippen LogP contribution in [-0.4, -0.2) is 65.5 Å². The van der Waals surface area contributed by atoms with Gasteiger partial charge in [0.05, 0.1) is 17.3 Å². The number of hydrogen-bond donors (Lipinski definition) is 1. The fraction of sp³-hybridized carbons (Fsp3) is 0.615. The van der Waals surface area contributed by atoms with E-state index in [1.807, 2.05) is 0 Å². The molecule has 2 rings (SSSR count). The van der Waals surface area contributed by atoms with Crippen LogP contribution in [0.15, 0.2) is 12.3 Å². The smallest absolute Gasteiger partial charge is 0.332 e. The number of pyridine rings is 1. The van der Waals surface area contributed by atoms with Crippen molar-refractivity contribution in [2.75, 3.05) is 12.5 Å². The molecular formula is C26H35ClN2O9. The first-order valence-corrected chi connectivity index (χ1v) is 12.9. The van der Waals surface area contributed by atoms with E-state index in [4.69, 9.17) is 30.5 Å². The van der Waals surface area contributed by atoms with Crippen molar-refractivity contribution >= 4 is 41.4 Å². The van der Waals surface area contributed by atoms with Crippen LogP contribution in [0.4, 0.5) is 0 Å². The van der Waals surface area contributed by atoms with E-state index in [-0.39, 0.29) is 23.7 Å². The Balaban J connectivity index is 2.31. The van der Waals surface area contributed by atoms with E-state index in [1.54, 1.807) is 47.6 Å². The van der Waals surface area contributed by atoms with Crippen molar-refractivity contribution in [3.8, 4) is 5.75 Å². The Kier molecular flexibility index (Phi) is 10.6. The van der Waals surface area contributed by atoms with E-state index in [0.717, 1.165) is 0 Å². The van der Waals surface area contributed by atoms with E-state index in [1.165, 1.54) is 13.1 Å². The molecule has 0 saturated carbocycles. The zero-order valence-electron chi connectivity index (χ0n) is 22.7. The number of aryl methyl sites for hydroxylation is 1. The van der Waals surface area contributed by atoms with Gasteiger partial charge in [-0.25, -0.2) is 9.78 Å². The molecule has 1 aliphatic rings. The Morgan fingerprint density at radius 1 is 1.24 bits per heavy atom. The first kappa shape index (κ1) is 31.0. The van der Waals surface area contributed by atoms with Crippen LogP contribution in [0.3, 0.4) is 0 Å². The zero-order valence-corrected chi connectivity index (χ0v) is 23.4. The molecule has 0 spiro atoms. The summed E-state index contributed by atoms with van der Waals surface area (Å²) < 4.78 is 21.8. The number of esters is 4. The van der Waals surface area contributed by atoms with Crippen LogP contribution in [0.5, 0.6) is 5.75 Å². The molecule has 210 valence electrons. The fourth-order valence-electron chi connectivity index (χ4n) is 3.43. The molecular weight excluding hydrogens is 520 g/mol. The summed E-state index contributed by atoms with van der Waals surface area (Å²) in [6.07, 6.45) is -0.478. The van der Waals surface area contributed by atoms with Gasteiger partial charge in [0, 0.05) is 12.1 Å². The maximum Gasteiger partial charge on any atom is 0.332 e. The lowest BCUT2D eigenvalue weighted by molar-refractivity contribution is -0.176. The number of carbonyl (C=O) groups excluding carboxylic acids is 5. The highest BCUT2D eigenvalue weighted by Gasteiger charge is 2.41. The van der Waals surface area contributed by atoms with Gasteiger partial charge >= 0.3 is 23.9 Å². The largest absolute Gasteiger partial charge is 0.463 e. The van der Waals surface area contributed by atoms with Gasteiger partial charge in [0.15, 0.2) is 23.6 Å². The summed E-state index contributed by atoms with van der Waals surface area (Å²) in [5, 5.41) is 2.44. The van der Waals surface area contributed by atoms with E-state index in [9.17, 15) is 24.0 Å². The number of ether oxygens (including phenoxy) is 4. The number of cyclic esters (lactones) is 2. The van der Waals surface area contributed by atoms with Crippen molar-refractivity contribution in [1.29, 1.82) is 0 Å². The third-order valence-corrected chi connectivity index (χ3v) is 6.68. The van der Waals surface area contributed by atoms with Crippen molar-refractivity contribution in [1.82, 2.24) is 10.3 Å². The second kappa shape index (κ2) is 13.0. The van der Waals surface area contributed by atoms with Crippen LogP contribution in [0.1, 0.15) is 64.0 Å². The molecule has 11 nitrogen and oxygen atoms in total. The molecule has 1 amide bonds. The van der Waals surface area contributed by atoms with Gasteiger partial charge in [-0.2, -0.15) is 0 Å². The highest BCUT2D eigenvalue weighted by Crippen LogP contribution is 2.27. The summed E-state index contributed by atoms with van der Waals surface area (Å²) in [4.78, 5) is 67.9. The molecule has 1 N–H and O–H groups in total. The molecule has 1 saturated heterocycles. The molecule has 1 aromatic heterocycles. The highest BCUT2D eigenvalue weighted by molar-refractivity contribution is 6.19. The number of rotatable bonds is 8. The van der Waals surface area contributed by atoms with Crippen molar-refractivity contribution in [2.45, 2.75) is 73.1 Å². The number of carbonyl (C=O) groups is 5. The number of aromatic nitrogens is 1. The average Bonchev–Trinajstić information content (AvgIpc) is 2.89. The molecule has 38 heavy (non-hydrogen) atoms. The molecule has 2 heterocycles. The molecule has 0 bridgehead atoms. The zero-order chi connectivity index (χ0) is 28.8. The summed E-state index contributed by atoms with van der Waals surface area (Å²) >= 11 is 5.86. The van der Waals surface area contributed by atoms with Gasteiger partial charge in [-0.15, -0.1) is 11.6 Å². The van der Waals surface area contributed by atoms with E-state index in [0.29, 0.717) is 5.56 Å². The Labute approximate surface area is 226 Å². The molecule has 0 aliphatic carbocycles. The number of nitrogens with one attached hydrogen (secondary N) is 1. The number of alkyl halides is 1. The van der Waals surface area contributed by atoms with Gasteiger partial charge in [-0.05, 0) is 45.7 Å². The molecule has 0 unspecified atom stereocenters. The summed E-state index contributed by atoms with van der Waals surface area (Å²) in [5.41, 5.74) is -0.845. The van der Waals surface area contributed by atoms with Crippen molar-refractivity contribution in [2.24, 2.45) is 17.3 Å². The molecule has 1 aliphatic heterocycles. The number of halogens is 1. The molecule has 1 fully saturated rings. The van der Waals surface area contributed by atoms with Crippen LogP contribution in [0.2, 0.25) is 0 Å². The van der Waals surface area contributed by atoms with Crippen molar-refractivity contribution < 1.29 is 42.9 Å². The fourth-order valence-corrected chi connectivity index (χ4v) is 3.54. The molecule has 12 heteroatoms.